The summed E-state index contributed by atoms with van der Waals surface area (Å²) in [6, 6.07) is 13.7. The van der Waals surface area contributed by atoms with Crippen molar-refractivity contribution in [2.45, 2.75) is 6.54 Å². The monoisotopic (exact) mass is 414 g/mol. The molecule has 1 saturated heterocycles. The lowest BCUT2D eigenvalue weighted by atomic mass is 10.2. The molecule has 0 aliphatic carbocycles. The van der Waals surface area contributed by atoms with Crippen LogP contribution < -0.4 is 20.3 Å². The van der Waals surface area contributed by atoms with Gasteiger partial charge < -0.3 is 20.3 Å². The molecule has 7 nitrogen and oxygen atoms in total. The Morgan fingerprint density at radius 3 is 2.33 bits per heavy atom. The van der Waals surface area contributed by atoms with Crippen LogP contribution in [0.3, 0.4) is 0 Å². The van der Waals surface area contributed by atoms with E-state index < -0.39 is 11.8 Å². The van der Waals surface area contributed by atoms with Crippen LogP contribution in [-0.2, 0) is 16.1 Å². The molecule has 1 aliphatic heterocycles. The maximum Gasteiger partial charge on any atom is 0.309 e. The van der Waals surface area contributed by atoms with Crippen LogP contribution in [0.15, 0.2) is 48.5 Å². The van der Waals surface area contributed by atoms with Gasteiger partial charge in [-0.3, -0.25) is 14.5 Å². The SMILES string of the molecule is COc1ccccc1N1CCN(CCNC(=O)C(=O)NCc2ccc(F)cc2)CC1. The molecule has 1 heterocycles. The van der Waals surface area contributed by atoms with E-state index in [1.165, 1.54) is 12.1 Å². The Balaban J connectivity index is 1.35. The van der Waals surface area contributed by atoms with Gasteiger partial charge >= 0.3 is 11.8 Å². The van der Waals surface area contributed by atoms with Gasteiger partial charge in [0, 0.05) is 45.8 Å². The first-order chi connectivity index (χ1) is 14.6. The number of methoxy groups -OCH3 is 1. The number of anilines is 1. The predicted molar refractivity (Wildman–Crippen MR) is 113 cm³/mol. The van der Waals surface area contributed by atoms with Crippen LogP contribution in [0.2, 0.25) is 0 Å². The summed E-state index contributed by atoms with van der Waals surface area (Å²) in [5.41, 5.74) is 1.82. The first-order valence-electron chi connectivity index (χ1n) is 9.97. The van der Waals surface area contributed by atoms with Crippen molar-refractivity contribution in [2.24, 2.45) is 0 Å². The molecule has 0 saturated carbocycles. The van der Waals surface area contributed by atoms with Gasteiger partial charge in [0.25, 0.3) is 0 Å². The van der Waals surface area contributed by atoms with E-state index >= 15 is 0 Å². The van der Waals surface area contributed by atoms with E-state index in [9.17, 15) is 14.0 Å². The summed E-state index contributed by atoms with van der Waals surface area (Å²) in [4.78, 5) is 28.4. The minimum Gasteiger partial charge on any atom is -0.495 e. The molecule has 0 radical (unpaired) electrons. The van der Waals surface area contributed by atoms with Crippen molar-refractivity contribution < 1.29 is 18.7 Å². The second-order valence-corrected chi connectivity index (χ2v) is 7.07. The molecule has 1 fully saturated rings. The number of hydrogen-bond acceptors (Lipinski definition) is 5. The van der Waals surface area contributed by atoms with Crippen molar-refractivity contribution in [1.82, 2.24) is 15.5 Å². The van der Waals surface area contributed by atoms with E-state index in [1.807, 2.05) is 18.2 Å². The lowest BCUT2D eigenvalue weighted by Gasteiger charge is -2.36. The van der Waals surface area contributed by atoms with Gasteiger partial charge in [-0.15, -0.1) is 0 Å². The molecule has 30 heavy (non-hydrogen) atoms. The minimum absolute atomic E-state index is 0.178. The summed E-state index contributed by atoms with van der Waals surface area (Å²) >= 11 is 0. The van der Waals surface area contributed by atoms with E-state index in [2.05, 4.69) is 26.5 Å². The third kappa shape index (κ3) is 5.93. The highest BCUT2D eigenvalue weighted by atomic mass is 19.1. The summed E-state index contributed by atoms with van der Waals surface area (Å²) in [7, 11) is 1.67. The standard InChI is InChI=1S/C22H27FN4O3/c1-30-20-5-3-2-4-19(20)27-14-12-26(13-15-27)11-10-24-21(28)22(29)25-16-17-6-8-18(23)9-7-17/h2-9H,10-16H2,1H3,(H,24,28)(H,25,29). The average Bonchev–Trinajstić information content (AvgIpc) is 2.79. The lowest BCUT2D eigenvalue weighted by Crippen LogP contribution is -2.49. The Morgan fingerprint density at radius 2 is 1.63 bits per heavy atom. The molecule has 3 rings (SSSR count). The topological polar surface area (TPSA) is 73.9 Å². The number of halogens is 1. The van der Waals surface area contributed by atoms with Crippen LogP contribution in [0.1, 0.15) is 5.56 Å². The number of nitrogens with one attached hydrogen (secondary N) is 2. The quantitative estimate of drug-likeness (QED) is 0.670. The molecule has 2 N–H and O–H groups in total. The van der Waals surface area contributed by atoms with Gasteiger partial charge in [-0.2, -0.15) is 0 Å². The van der Waals surface area contributed by atoms with Crippen LogP contribution in [0.5, 0.6) is 5.75 Å². The van der Waals surface area contributed by atoms with Crippen molar-refractivity contribution in [3.05, 3.63) is 59.9 Å². The molecule has 2 aromatic rings. The second kappa shape index (κ2) is 10.6. The van der Waals surface area contributed by atoms with E-state index in [1.54, 1.807) is 19.2 Å². The smallest absolute Gasteiger partial charge is 0.309 e. The van der Waals surface area contributed by atoms with Crippen molar-refractivity contribution in [3.63, 3.8) is 0 Å². The maximum atomic E-state index is 12.9. The molecule has 0 aromatic heterocycles. The molecular weight excluding hydrogens is 387 g/mol. The van der Waals surface area contributed by atoms with Gasteiger partial charge in [0.15, 0.2) is 0 Å². The number of carbonyl (C=O) groups excluding carboxylic acids is 2. The number of carbonyl (C=O) groups is 2. The fourth-order valence-corrected chi connectivity index (χ4v) is 3.38. The molecule has 0 spiro atoms. The Kier molecular flexibility index (Phi) is 7.62. The summed E-state index contributed by atoms with van der Waals surface area (Å²) in [5.74, 6) is -0.832. The van der Waals surface area contributed by atoms with Crippen molar-refractivity contribution in [2.75, 3.05) is 51.3 Å². The summed E-state index contributed by atoms with van der Waals surface area (Å²) < 4.78 is 18.3. The van der Waals surface area contributed by atoms with E-state index in [0.29, 0.717) is 13.1 Å². The van der Waals surface area contributed by atoms with Gasteiger partial charge in [0.2, 0.25) is 0 Å². The van der Waals surface area contributed by atoms with Crippen LogP contribution in [0.4, 0.5) is 10.1 Å². The van der Waals surface area contributed by atoms with Gasteiger partial charge in [0.1, 0.15) is 11.6 Å². The zero-order valence-electron chi connectivity index (χ0n) is 17.1. The van der Waals surface area contributed by atoms with Crippen molar-refractivity contribution >= 4 is 17.5 Å². The molecule has 2 amide bonds. The van der Waals surface area contributed by atoms with Crippen LogP contribution in [0, 0.1) is 5.82 Å². The Bertz CT molecular complexity index is 852. The van der Waals surface area contributed by atoms with Crippen LogP contribution >= 0.6 is 0 Å². The fraction of sp³-hybridized carbons (Fsp3) is 0.364. The molecule has 0 atom stereocenters. The number of ether oxygens (including phenoxy) is 1. The van der Waals surface area contributed by atoms with E-state index in [-0.39, 0.29) is 12.4 Å². The van der Waals surface area contributed by atoms with Crippen molar-refractivity contribution in [1.29, 1.82) is 0 Å². The molecule has 160 valence electrons. The Morgan fingerprint density at radius 1 is 0.967 bits per heavy atom. The molecule has 0 unspecified atom stereocenters. The molecule has 2 aromatic carbocycles. The molecule has 8 heteroatoms. The first kappa shape index (κ1) is 21.6. The van der Waals surface area contributed by atoms with E-state index in [0.717, 1.165) is 43.2 Å². The van der Waals surface area contributed by atoms with Crippen LogP contribution in [-0.4, -0.2) is 63.1 Å². The zero-order valence-corrected chi connectivity index (χ0v) is 17.1. The largest absolute Gasteiger partial charge is 0.495 e. The summed E-state index contributed by atoms with van der Waals surface area (Å²) in [6.45, 7) is 4.72. The third-order valence-corrected chi connectivity index (χ3v) is 5.08. The number of para-hydroxylation sites is 2. The van der Waals surface area contributed by atoms with Gasteiger partial charge in [-0.05, 0) is 29.8 Å². The summed E-state index contributed by atoms with van der Waals surface area (Å²) in [5, 5.41) is 5.19. The highest BCUT2D eigenvalue weighted by Gasteiger charge is 2.20. The highest BCUT2D eigenvalue weighted by molar-refractivity contribution is 6.35. The lowest BCUT2D eigenvalue weighted by molar-refractivity contribution is -0.139. The van der Waals surface area contributed by atoms with Gasteiger partial charge in [0.05, 0.1) is 12.8 Å². The predicted octanol–water partition coefficient (Wildman–Crippen LogP) is 1.39. The van der Waals surface area contributed by atoms with E-state index in [4.69, 9.17) is 4.74 Å². The zero-order chi connectivity index (χ0) is 21.3. The number of amides is 2. The maximum absolute atomic E-state index is 12.9. The van der Waals surface area contributed by atoms with Gasteiger partial charge in [-0.1, -0.05) is 24.3 Å². The number of piperazine rings is 1. The molecule has 1 aliphatic rings. The Hall–Kier alpha value is -3.13. The number of benzene rings is 2. The first-order valence-corrected chi connectivity index (χ1v) is 9.97. The second-order valence-electron chi connectivity index (χ2n) is 7.07. The number of hydrogen-bond donors (Lipinski definition) is 2. The van der Waals surface area contributed by atoms with Crippen molar-refractivity contribution in [3.8, 4) is 5.75 Å². The van der Waals surface area contributed by atoms with Crippen LogP contribution in [0.25, 0.3) is 0 Å². The fourth-order valence-electron chi connectivity index (χ4n) is 3.38. The van der Waals surface area contributed by atoms with Gasteiger partial charge in [-0.25, -0.2) is 4.39 Å². The molecule has 0 bridgehead atoms. The summed E-state index contributed by atoms with van der Waals surface area (Å²) in [6.07, 6.45) is 0. The normalized spacial score (nSPS) is 14.3. The average molecular weight is 414 g/mol. The number of rotatable bonds is 7. The number of nitrogens with zero attached hydrogens (tertiary/aromatic N) is 2. The molecular formula is C22H27FN4O3. The highest BCUT2D eigenvalue weighted by Crippen LogP contribution is 2.28. The third-order valence-electron chi connectivity index (χ3n) is 5.08. The minimum atomic E-state index is -0.694. The Labute approximate surface area is 175 Å².